The highest BCUT2D eigenvalue weighted by molar-refractivity contribution is 5.60. The lowest BCUT2D eigenvalue weighted by atomic mass is 10.1. The van der Waals surface area contributed by atoms with E-state index in [0.29, 0.717) is 17.9 Å². The van der Waals surface area contributed by atoms with Crippen LogP contribution in [-0.2, 0) is 13.5 Å². The van der Waals surface area contributed by atoms with Crippen LogP contribution in [0.3, 0.4) is 0 Å². The van der Waals surface area contributed by atoms with Crippen LogP contribution in [0.4, 0.5) is 11.5 Å². The van der Waals surface area contributed by atoms with Crippen molar-refractivity contribution in [3.63, 3.8) is 0 Å². The molecule has 1 heterocycles. The zero-order chi connectivity index (χ0) is 14.7. The number of hydrogen-bond acceptors (Lipinski definition) is 5. The summed E-state index contributed by atoms with van der Waals surface area (Å²) in [4.78, 5) is 10.9. The molecule has 0 radical (unpaired) electrons. The summed E-state index contributed by atoms with van der Waals surface area (Å²) in [5.41, 5.74) is 0.509. The van der Waals surface area contributed by atoms with Crippen molar-refractivity contribution in [1.82, 2.24) is 9.78 Å². The lowest BCUT2D eigenvalue weighted by Gasteiger charge is -2.22. The zero-order valence-corrected chi connectivity index (χ0v) is 12.0. The summed E-state index contributed by atoms with van der Waals surface area (Å²) in [6.45, 7) is 1.85. The van der Waals surface area contributed by atoms with Crippen molar-refractivity contribution in [2.75, 3.05) is 5.32 Å². The Morgan fingerprint density at radius 3 is 2.80 bits per heavy atom. The summed E-state index contributed by atoms with van der Waals surface area (Å²) in [6.07, 6.45) is 4.75. The second-order valence-corrected chi connectivity index (χ2v) is 5.33. The molecule has 0 aromatic carbocycles. The maximum Gasteiger partial charge on any atom is 0.333 e. The normalized spacial score (nSPS) is 23.4. The second-order valence-electron chi connectivity index (χ2n) is 5.33. The molecule has 7 heteroatoms. The van der Waals surface area contributed by atoms with Crippen LogP contribution in [0.15, 0.2) is 0 Å². The van der Waals surface area contributed by atoms with Crippen LogP contribution in [0, 0.1) is 10.1 Å². The van der Waals surface area contributed by atoms with E-state index in [2.05, 4.69) is 10.4 Å². The molecule has 1 aliphatic rings. The van der Waals surface area contributed by atoms with Gasteiger partial charge in [0.15, 0.2) is 0 Å². The molecule has 2 N–H and O–H groups in total. The van der Waals surface area contributed by atoms with Crippen LogP contribution >= 0.6 is 0 Å². The van der Waals surface area contributed by atoms with Crippen LogP contribution in [0.25, 0.3) is 0 Å². The van der Waals surface area contributed by atoms with Gasteiger partial charge in [0.2, 0.25) is 5.82 Å². The number of aromatic nitrogens is 2. The van der Waals surface area contributed by atoms with Gasteiger partial charge in [0.25, 0.3) is 0 Å². The molecule has 0 spiro atoms. The van der Waals surface area contributed by atoms with Gasteiger partial charge in [-0.15, -0.1) is 0 Å². The Morgan fingerprint density at radius 2 is 2.15 bits per heavy atom. The van der Waals surface area contributed by atoms with E-state index < -0.39 is 11.0 Å². The van der Waals surface area contributed by atoms with Crippen LogP contribution in [0.1, 0.15) is 44.7 Å². The van der Waals surface area contributed by atoms with Gasteiger partial charge >= 0.3 is 5.69 Å². The standard InChI is InChI=1S/C13H22N4O3/c1-3-9-12(17(19)20)13(16(2)15-9)14-10-7-5-4-6-8-11(10)18/h10-11,14,18H,3-8H2,1-2H3. The third-order valence-corrected chi connectivity index (χ3v) is 3.91. The summed E-state index contributed by atoms with van der Waals surface area (Å²) in [5, 5.41) is 28.7. The number of aliphatic hydroxyl groups excluding tert-OH is 1. The van der Waals surface area contributed by atoms with E-state index in [1.807, 2.05) is 6.92 Å². The third-order valence-electron chi connectivity index (χ3n) is 3.91. The predicted molar refractivity (Wildman–Crippen MR) is 75.7 cm³/mol. The molecule has 1 aromatic heterocycles. The van der Waals surface area contributed by atoms with Gasteiger partial charge in [-0.3, -0.25) is 10.1 Å². The van der Waals surface area contributed by atoms with E-state index in [1.54, 1.807) is 7.05 Å². The number of rotatable bonds is 4. The van der Waals surface area contributed by atoms with Gasteiger partial charge in [-0.25, -0.2) is 4.68 Å². The smallest absolute Gasteiger partial charge is 0.333 e. The summed E-state index contributed by atoms with van der Waals surface area (Å²) in [5.74, 6) is 0.401. The van der Waals surface area contributed by atoms with Crippen molar-refractivity contribution in [1.29, 1.82) is 0 Å². The third kappa shape index (κ3) is 2.92. The predicted octanol–water partition coefficient (Wildman–Crippen LogP) is 2.00. The zero-order valence-electron chi connectivity index (χ0n) is 12.0. The van der Waals surface area contributed by atoms with Crippen LogP contribution in [0.2, 0.25) is 0 Å². The minimum absolute atomic E-state index is 0.0337. The molecule has 1 saturated carbocycles. The molecule has 2 unspecified atom stereocenters. The first-order chi connectivity index (χ1) is 9.54. The summed E-state index contributed by atoms with van der Waals surface area (Å²) in [7, 11) is 1.69. The largest absolute Gasteiger partial charge is 0.391 e. The van der Waals surface area contributed by atoms with E-state index in [0.717, 1.165) is 32.1 Å². The molecular weight excluding hydrogens is 260 g/mol. The van der Waals surface area contributed by atoms with Gasteiger partial charge in [0.05, 0.1) is 17.1 Å². The Bertz CT molecular complexity index is 486. The Hall–Kier alpha value is -1.63. The van der Waals surface area contributed by atoms with E-state index in [9.17, 15) is 15.2 Å². The van der Waals surface area contributed by atoms with Crippen molar-refractivity contribution in [3.05, 3.63) is 15.8 Å². The fraction of sp³-hybridized carbons (Fsp3) is 0.769. The number of hydrogen-bond donors (Lipinski definition) is 2. The van der Waals surface area contributed by atoms with Crippen molar-refractivity contribution in [3.8, 4) is 0 Å². The molecule has 0 aliphatic heterocycles. The van der Waals surface area contributed by atoms with Crippen molar-refractivity contribution in [2.45, 2.75) is 57.6 Å². The maximum absolute atomic E-state index is 11.3. The lowest BCUT2D eigenvalue weighted by Crippen LogP contribution is -2.33. The fourth-order valence-electron chi connectivity index (χ4n) is 2.79. The van der Waals surface area contributed by atoms with E-state index in [4.69, 9.17) is 0 Å². The number of nitrogens with zero attached hydrogens (tertiary/aromatic N) is 3. The van der Waals surface area contributed by atoms with Gasteiger partial charge in [-0.1, -0.05) is 26.2 Å². The average Bonchev–Trinajstić information content (AvgIpc) is 2.58. The van der Waals surface area contributed by atoms with E-state index in [-0.39, 0.29) is 11.7 Å². The SMILES string of the molecule is CCc1nn(C)c(NC2CCCCCC2O)c1[N+](=O)[O-]. The molecule has 1 fully saturated rings. The van der Waals surface area contributed by atoms with Crippen molar-refractivity contribution < 1.29 is 10.0 Å². The maximum atomic E-state index is 11.3. The van der Waals surface area contributed by atoms with Gasteiger partial charge in [0, 0.05) is 7.05 Å². The number of nitro groups is 1. The second kappa shape index (κ2) is 6.21. The van der Waals surface area contributed by atoms with Gasteiger partial charge in [0.1, 0.15) is 5.69 Å². The fourth-order valence-corrected chi connectivity index (χ4v) is 2.79. The Labute approximate surface area is 118 Å². The Balaban J connectivity index is 2.27. The van der Waals surface area contributed by atoms with Gasteiger partial charge < -0.3 is 10.4 Å². The highest BCUT2D eigenvalue weighted by Crippen LogP contribution is 2.31. The topological polar surface area (TPSA) is 93.2 Å². The molecule has 7 nitrogen and oxygen atoms in total. The Kier molecular flexibility index (Phi) is 4.59. The summed E-state index contributed by atoms with van der Waals surface area (Å²) < 4.78 is 1.51. The highest BCUT2D eigenvalue weighted by atomic mass is 16.6. The number of nitrogens with one attached hydrogen (secondary N) is 1. The molecule has 20 heavy (non-hydrogen) atoms. The minimum Gasteiger partial charge on any atom is -0.391 e. The number of anilines is 1. The first-order valence-corrected chi connectivity index (χ1v) is 7.19. The molecule has 2 rings (SSSR count). The van der Waals surface area contributed by atoms with E-state index >= 15 is 0 Å². The number of aliphatic hydroxyl groups is 1. The quantitative estimate of drug-likeness (QED) is 0.500. The van der Waals surface area contributed by atoms with Crippen molar-refractivity contribution >= 4 is 11.5 Å². The van der Waals surface area contributed by atoms with Gasteiger partial charge in [-0.05, 0) is 19.3 Å². The molecule has 112 valence electrons. The van der Waals surface area contributed by atoms with Crippen LogP contribution < -0.4 is 5.32 Å². The minimum atomic E-state index is -0.461. The molecule has 0 amide bonds. The average molecular weight is 282 g/mol. The highest BCUT2D eigenvalue weighted by Gasteiger charge is 2.29. The molecule has 1 aliphatic carbocycles. The molecule has 0 saturated heterocycles. The lowest BCUT2D eigenvalue weighted by molar-refractivity contribution is -0.384. The van der Waals surface area contributed by atoms with Crippen molar-refractivity contribution in [2.24, 2.45) is 7.05 Å². The first kappa shape index (κ1) is 14.8. The monoisotopic (exact) mass is 282 g/mol. The Morgan fingerprint density at radius 1 is 1.45 bits per heavy atom. The molecule has 0 bridgehead atoms. The number of aryl methyl sites for hydroxylation is 2. The van der Waals surface area contributed by atoms with Crippen LogP contribution in [-0.4, -0.2) is 32.0 Å². The molecule has 2 atom stereocenters. The molecule has 1 aromatic rings. The summed E-state index contributed by atoms with van der Waals surface area (Å²) in [6, 6.07) is -0.142. The molecular formula is C13H22N4O3. The van der Waals surface area contributed by atoms with Gasteiger partial charge in [-0.2, -0.15) is 5.10 Å². The van der Waals surface area contributed by atoms with Crippen LogP contribution in [0.5, 0.6) is 0 Å². The first-order valence-electron chi connectivity index (χ1n) is 7.19. The summed E-state index contributed by atoms with van der Waals surface area (Å²) >= 11 is 0. The van der Waals surface area contributed by atoms with E-state index in [1.165, 1.54) is 4.68 Å².